The van der Waals surface area contributed by atoms with Gasteiger partial charge in [0.1, 0.15) is 0 Å². The SMILES string of the molecule is CCCCCCCCC(=O)N(CCCC)CC(=O)N(Cc1cccn1Cc1ccccc1Cl)CC(C)C. The Kier molecular flexibility index (Phi) is 14.5. The van der Waals surface area contributed by atoms with E-state index in [9.17, 15) is 9.59 Å². The molecule has 2 amide bonds. The molecular weight excluding hydrogens is 482 g/mol. The standard InChI is InChI=1S/C31H48ClN3O2/c1-5-7-9-10-11-12-19-30(36)34(20-8-6-2)25-31(37)35(22-26(3)4)24-28-17-15-21-33(28)23-27-16-13-14-18-29(27)32/h13-18,21,26H,5-12,19-20,22-25H2,1-4H3. The molecule has 0 radical (unpaired) electrons. The van der Waals surface area contributed by atoms with E-state index in [-0.39, 0.29) is 18.4 Å². The van der Waals surface area contributed by atoms with E-state index in [1.54, 1.807) is 4.90 Å². The highest BCUT2D eigenvalue weighted by Crippen LogP contribution is 2.19. The average molecular weight is 530 g/mol. The van der Waals surface area contributed by atoms with Crippen LogP contribution in [0, 0.1) is 5.92 Å². The summed E-state index contributed by atoms with van der Waals surface area (Å²) >= 11 is 6.40. The van der Waals surface area contributed by atoms with Crippen LogP contribution < -0.4 is 0 Å². The largest absolute Gasteiger partial charge is 0.345 e. The van der Waals surface area contributed by atoms with Crippen molar-refractivity contribution in [3.8, 4) is 0 Å². The molecule has 0 aliphatic heterocycles. The first-order valence-corrected chi connectivity index (χ1v) is 14.7. The van der Waals surface area contributed by atoms with E-state index in [1.165, 1.54) is 25.7 Å². The third kappa shape index (κ3) is 11.3. The lowest BCUT2D eigenvalue weighted by Gasteiger charge is -2.29. The highest BCUT2D eigenvalue weighted by molar-refractivity contribution is 6.31. The van der Waals surface area contributed by atoms with Gasteiger partial charge >= 0.3 is 0 Å². The van der Waals surface area contributed by atoms with E-state index in [2.05, 4.69) is 38.3 Å². The van der Waals surface area contributed by atoms with Gasteiger partial charge < -0.3 is 14.4 Å². The Bertz CT molecular complexity index is 940. The maximum atomic E-state index is 13.6. The van der Waals surface area contributed by atoms with Crippen molar-refractivity contribution in [1.82, 2.24) is 14.4 Å². The van der Waals surface area contributed by atoms with Gasteiger partial charge in [0.15, 0.2) is 0 Å². The van der Waals surface area contributed by atoms with Gasteiger partial charge in [0.05, 0.1) is 13.1 Å². The van der Waals surface area contributed by atoms with Crippen LogP contribution in [0.1, 0.15) is 96.7 Å². The van der Waals surface area contributed by atoms with Crippen molar-refractivity contribution >= 4 is 23.4 Å². The molecule has 206 valence electrons. The average Bonchev–Trinajstić information content (AvgIpc) is 3.30. The minimum atomic E-state index is 0.0200. The van der Waals surface area contributed by atoms with Crippen molar-refractivity contribution in [2.75, 3.05) is 19.6 Å². The molecule has 0 aliphatic rings. The molecule has 0 saturated carbocycles. The van der Waals surface area contributed by atoms with E-state index in [0.29, 0.717) is 38.5 Å². The molecule has 1 aromatic carbocycles. The molecule has 2 aromatic rings. The normalized spacial score (nSPS) is 11.2. The maximum Gasteiger partial charge on any atom is 0.242 e. The fraction of sp³-hybridized carbons (Fsp3) is 0.613. The van der Waals surface area contributed by atoms with Crippen LogP contribution >= 0.6 is 11.6 Å². The van der Waals surface area contributed by atoms with Crippen molar-refractivity contribution in [1.29, 1.82) is 0 Å². The summed E-state index contributed by atoms with van der Waals surface area (Å²) in [5.74, 6) is 0.467. The third-order valence-electron chi connectivity index (χ3n) is 6.72. The Morgan fingerprint density at radius 2 is 1.57 bits per heavy atom. The first kappa shape index (κ1) is 31.0. The third-order valence-corrected chi connectivity index (χ3v) is 7.09. The van der Waals surface area contributed by atoms with E-state index < -0.39 is 0 Å². The van der Waals surface area contributed by atoms with Crippen LogP contribution in [0.25, 0.3) is 0 Å². The van der Waals surface area contributed by atoms with Crippen LogP contribution in [0.5, 0.6) is 0 Å². The van der Waals surface area contributed by atoms with Gasteiger partial charge in [-0.15, -0.1) is 0 Å². The summed E-state index contributed by atoms with van der Waals surface area (Å²) in [6.07, 6.45) is 11.4. The number of benzene rings is 1. The van der Waals surface area contributed by atoms with Gasteiger partial charge in [-0.2, -0.15) is 0 Å². The molecule has 2 rings (SSSR count). The van der Waals surface area contributed by atoms with Gasteiger partial charge in [-0.3, -0.25) is 9.59 Å². The first-order valence-electron chi connectivity index (χ1n) is 14.3. The van der Waals surface area contributed by atoms with E-state index in [0.717, 1.165) is 42.0 Å². The van der Waals surface area contributed by atoms with E-state index in [1.807, 2.05) is 41.4 Å². The molecule has 0 fully saturated rings. The van der Waals surface area contributed by atoms with E-state index in [4.69, 9.17) is 11.6 Å². The summed E-state index contributed by atoms with van der Waals surface area (Å²) in [7, 11) is 0. The summed E-state index contributed by atoms with van der Waals surface area (Å²) in [5.41, 5.74) is 2.11. The van der Waals surface area contributed by atoms with Gasteiger partial charge in [-0.05, 0) is 42.5 Å². The number of hydrogen-bond acceptors (Lipinski definition) is 2. The van der Waals surface area contributed by atoms with Gasteiger partial charge in [-0.1, -0.05) is 96.0 Å². The summed E-state index contributed by atoms with van der Waals surface area (Å²) in [4.78, 5) is 30.3. The van der Waals surface area contributed by atoms with Crippen LogP contribution in [0.15, 0.2) is 42.6 Å². The minimum Gasteiger partial charge on any atom is -0.345 e. The number of rotatable bonds is 18. The zero-order valence-corrected chi connectivity index (χ0v) is 24.3. The zero-order valence-electron chi connectivity index (χ0n) is 23.6. The maximum absolute atomic E-state index is 13.6. The molecule has 0 aliphatic carbocycles. The molecule has 1 heterocycles. The number of hydrogen-bond donors (Lipinski definition) is 0. The van der Waals surface area contributed by atoms with Gasteiger partial charge in [0.25, 0.3) is 0 Å². The van der Waals surface area contributed by atoms with Crippen molar-refractivity contribution < 1.29 is 9.59 Å². The number of aromatic nitrogens is 1. The van der Waals surface area contributed by atoms with Gasteiger partial charge in [-0.25, -0.2) is 0 Å². The van der Waals surface area contributed by atoms with Crippen LogP contribution in [0.4, 0.5) is 0 Å². The Hall–Kier alpha value is -2.27. The number of carbonyl (C=O) groups excluding carboxylic acids is 2. The van der Waals surface area contributed by atoms with Crippen LogP contribution in [-0.4, -0.2) is 45.8 Å². The van der Waals surface area contributed by atoms with Gasteiger partial charge in [0.2, 0.25) is 11.8 Å². The fourth-order valence-electron chi connectivity index (χ4n) is 4.57. The monoisotopic (exact) mass is 529 g/mol. The lowest BCUT2D eigenvalue weighted by molar-refractivity contribution is -0.141. The molecule has 0 unspecified atom stereocenters. The summed E-state index contributed by atoms with van der Waals surface area (Å²) in [5, 5.41) is 0.743. The van der Waals surface area contributed by atoms with Crippen LogP contribution in [0.2, 0.25) is 5.02 Å². The quantitative estimate of drug-likeness (QED) is 0.187. The molecule has 0 bridgehead atoms. The number of unbranched alkanes of at least 4 members (excludes halogenated alkanes) is 6. The lowest BCUT2D eigenvalue weighted by atomic mass is 10.1. The molecule has 6 heteroatoms. The van der Waals surface area contributed by atoms with E-state index >= 15 is 0 Å². The van der Waals surface area contributed by atoms with Gasteiger partial charge in [0, 0.05) is 43.0 Å². The number of amides is 2. The second-order valence-electron chi connectivity index (χ2n) is 10.6. The summed E-state index contributed by atoms with van der Waals surface area (Å²) in [6, 6.07) is 11.9. The molecule has 0 spiro atoms. The Morgan fingerprint density at radius 1 is 0.865 bits per heavy atom. The lowest BCUT2D eigenvalue weighted by Crippen LogP contribution is -2.44. The molecule has 5 nitrogen and oxygen atoms in total. The first-order chi connectivity index (χ1) is 17.8. The van der Waals surface area contributed by atoms with Crippen LogP contribution in [-0.2, 0) is 22.7 Å². The molecular formula is C31H48ClN3O2. The van der Waals surface area contributed by atoms with Crippen molar-refractivity contribution in [2.45, 2.75) is 98.6 Å². The highest BCUT2D eigenvalue weighted by atomic mass is 35.5. The Balaban J connectivity index is 2.05. The smallest absolute Gasteiger partial charge is 0.242 e. The second kappa shape index (κ2) is 17.3. The second-order valence-corrected chi connectivity index (χ2v) is 11.0. The molecule has 0 N–H and O–H groups in total. The summed E-state index contributed by atoms with van der Waals surface area (Å²) < 4.78 is 2.15. The highest BCUT2D eigenvalue weighted by Gasteiger charge is 2.22. The summed E-state index contributed by atoms with van der Waals surface area (Å²) in [6.45, 7) is 11.2. The Labute approximate surface area is 230 Å². The molecule has 1 aromatic heterocycles. The predicted molar refractivity (Wildman–Crippen MR) is 155 cm³/mol. The minimum absolute atomic E-state index is 0.0200. The molecule has 0 atom stereocenters. The molecule has 0 saturated heterocycles. The number of carbonyl (C=O) groups is 2. The Morgan fingerprint density at radius 3 is 2.27 bits per heavy atom. The van der Waals surface area contributed by atoms with Crippen molar-refractivity contribution in [3.05, 3.63) is 58.9 Å². The van der Waals surface area contributed by atoms with Crippen molar-refractivity contribution in [3.63, 3.8) is 0 Å². The van der Waals surface area contributed by atoms with Crippen molar-refractivity contribution in [2.24, 2.45) is 5.92 Å². The number of nitrogens with zero attached hydrogens (tertiary/aromatic N) is 3. The topological polar surface area (TPSA) is 45.6 Å². The predicted octanol–water partition coefficient (Wildman–Crippen LogP) is 7.55. The number of halogens is 1. The van der Waals surface area contributed by atoms with Crippen LogP contribution in [0.3, 0.4) is 0 Å². The fourth-order valence-corrected chi connectivity index (χ4v) is 4.76. The molecule has 37 heavy (non-hydrogen) atoms. The zero-order chi connectivity index (χ0) is 27.0.